The number of benzene rings is 1. The van der Waals surface area contributed by atoms with Gasteiger partial charge in [-0.1, -0.05) is 29.8 Å². The Balaban J connectivity index is 2.07. The van der Waals surface area contributed by atoms with Gasteiger partial charge in [-0.05, 0) is 19.5 Å². The highest BCUT2D eigenvalue weighted by Gasteiger charge is 2.38. The van der Waals surface area contributed by atoms with Crippen molar-refractivity contribution in [2.75, 3.05) is 18.6 Å². The Morgan fingerprint density at radius 2 is 2.11 bits per heavy atom. The summed E-state index contributed by atoms with van der Waals surface area (Å²) >= 11 is 0. The number of aryl methyl sites for hydroxylation is 1. The van der Waals surface area contributed by atoms with E-state index in [0.717, 1.165) is 5.56 Å². The zero-order valence-corrected chi connectivity index (χ0v) is 11.5. The lowest BCUT2D eigenvalue weighted by atomic mass is 10.1. The van der Waals surface area contributed by atoms with Gasteiger partial charge in [-0.3, -0.25) is 4.90 Å². The minimum Gasteiger partial charge on any atom is -0.390 e. The number of likely N-dealkylation sites (N-methyl/N-ethyl adjacent to an activating group) is 1. The van der Waals surface area contributed by atoms with Gasteiger partial charge >= 0.3 is 0 Å². The average Bonchev–Trinajstić information content (AvgIpc) is 2.52. The maximum atomic E-state index is 11.5. The summed E-state index contributed by atoms with van der Waals surface area (Å²) in [5.41, 5.74) is 2.31. The van der Waals surface area contributed by atoms with Gasteiger partial charge in [0.2, 0.25) is 0 Å². The van der Waals surface area contributed by atoms with Crippen LogP contribution in [0.2, 0.25) is 0 Å². The molecule has 0 radical (unpaired) electrons. The van der Waals surface area contributed by atoms with E-state index in [9.17, 15) is 13.5 Å². The highest BCUT2D eigenvalue weighted by atomic mass is 32.2. The number of rotatable bonds is 3. The number of hydrogen-bond donors (Lipinski definition) is 1. The van der Waals surface area contributed by atoms with Crippen LogP contribution in [-0.4, -0.2) is 49.1 Å². The predicted octanol–water partition coefficient (Wildman–Crippen LogP) is 0.585. The van der Waals surface area contributed by atoms with E-state index in [-0.39, 0.29) is 17.5 Å². The Morgan fingerprint density at radius 1 is 1.39 bits per heavy atom. The molecule has 0 bridgehead atoms. The first-order chi connectivity index (χ1) is 8.37. The van der Waals surface area contributed by atoms with Gasteiger partial charge in [-0.25, -0.2) is 8.42 Å². The molecule has 2 atom stereocenters. The maximum absolute atomic E-state index is 11.5. The fourth-order valence-corrected chi connectivity index (χ4v) is 4.32. The van der Waals surface area contributed by atoms with Gasteiger partial charge in [0.1, 0.15) is 0 Å². The number of aliphatic hydroxyl groups is 1. The van der Waals surface area contributed by atoms with Crippen molar-refractivity contribution in [2.45, 2.75) is 25.6 Å². The SMILES string of the molecule is Cc1cccc(CN(C)C2CS(=O)(=O)CC2O)c1. The molecule has 1 N–H and O–H groups in total. The second-order valence-corrected chi connectivity index (χ2v) is 7.27. The molecule has 5 heteroatoms. The van der Waals surface area contributed by atoms with Gasteiger partial charge in [-0.15, -0.1) is 0 Å². The first-order valence-electron chi connectivity index (χ1n) is 6.02. The van der Waals surface area contributed by atoms with Crippen LogP contribution in [0.25, 0.3) is 0 Å². The Bertz CT molecular complexity index is 527. The quantitative estimate of drug-likeness (QED) is 0.872. The van der Waals surface area contributed by atoms with E-state index >= 15 is 0 Å². The van der Waals surface area contributed by atoms with Crippen molar-refractivity contribution >= 4 is 9.84 Å². The summed E-state index contributed by atoms with van der Waals surface area (Å²) in [5.74, 6) is -0.0632. The smallest absolute Gasteiger partial charge is 0.154 e. The zero-order chi connectivity index (χ0) is 13.3. The van der Waals surface area contributed by atoms with Crippen LogP contribution in [0.4, 0.5) is 0 Å². The Hall–Kier alpha value is -0.910. The Labute approximate surface area is 108 Å². The van der Waals surface area contributed by atoms with E-state index in [0.29, 0.717) is 6.54 Å². The monoisotopic (exact) mass is 269 g/mol. The van der Waals surface area contributed by atoms with E-state index in [1.165, 1.54) is 5.56 Å². The molecular weight excluding hydrogens is 250 g/mol. The van der Waals surface area contributed by atoms with Crippen LogP contribution in [0.5, 0.6) is 0 Å². The summed E-state index contributed by atoms with van der Waals surface area (Å²) in [6.45, 7) is 2.68. The highest BCUT2D eigenvalue weighted by Crippen LogP contribution is 2.19. The van der Waals surface area contributed by atoms with E-state index in [1.807, 2.05) is 37.1 Å². The van der Waals surface area contributed by atoms with Gasteiger partial charge in [0.15, 0.2) is 9.84 Å². The molecule has 0 saturated carbocycles. The fraction of sp³-hybridized carbons (Fsp3) is 0.538. The molecule has 100 valence electrons. The van der Waals surface area contributed by atoms with Gasteiger partial charge in [0.05, 0.1) is 23.7 Å². The molecule has 0 aliphatic carbocycles. The molecule has 2 unspecified atom stereocenters. The van der Waals surface area contributed by atoms with Gasteiger partial charge < -0.3 is 5.11 Å². The van der Waals surface area contributed by atoms with Crippen molar-refractivity contribution in [3.63, 3.8) is 0 Å². The Kier molecular flexibility index (Phi) is 3.75. The zero-order valence-electron chi connectivity index (χ0n) is 10.7. The topological polar surface area (TPSA) is 57.6 Å². The molecular formula is C13H19NO3S. The van der Waals surface area contributed by atoms with E-state index < -0.39 is 15.9 Å². The normalized spacial score (nSPS) is 26.7. The van der Waals surface area contributed by atoms with Crippen LogP contribution in [0, 0.1) is 6.92 Å². The third-order valence-electron chi connectivity index (χ3n) is 3.37. The molecule has 1 aliphatic heterocycles. The lowest BCUT2D eigenvalue weighted by Crippen LogP contribution is -2.40. The van der Waals surface area contributed by atoms with E-state index in [2.05, 4.69) is 6.07 Å². The molecule has 0 spiro atoms. The van der Waals surface area contributed by atoms with E-state index in [4.69, 9.17) is 0 Å². The van der Waals surface area contributed by atoms with Crippen molar-refractivity contribution in [3.05, 3.63) is 35.4 Å². The van der Waals surface area contributed by atoms with Gasteiger partial charge in [-0.2, -0.15) is 0 Å². The number of aliphatic hydroxyl groups excluding tert-OH is 1. The predicted molar refractivity (Wildman–Crippen MR) is 71.1 cm³/mol. The van der Waals surface area contributed by atoms with Crippen LogP contribution < -0.4 is 0 Å². The largest absolute Gasteiger partial charge is 0.390 e. The molecule has 1 heterocycles. The molecule has 0 amide bonds. The standard InChI is InChI=1S/C13H19NO3S/c1-10-4-3-5-11(6-10)7-14(2)12-8-18(16,17)9-13(12)15/h3-6,12-13,15H,7-9H2,1-2H3. The Morgan fingerprint density at radius 3 is 2.67 bits per heavy atom. The summed E-state index contributed by atoms with van der Waals surface area (Å²) in [4.78, 5) is 1.92. The highest BCUT2D eigenvalue weighted by molar-refractivity contribution is 7.91. The summed E-state index contributed by atoms with van der Waals surface area (Å²) in [6.07, 6.45) is -0.773. The molecule has 1 aromatic rings. The molecule has 18 heavy (non-hydrogen) atoms. The molecule has 1 saturated heterocycles. The summed E-state index contributed by atoms with van der Waals surface area (Å²) in [5, 5.41) is 9.81. The number of nitrogens with zero attached hydrogens (tertiary/aromatic N) is 1. The molecule has 1 fully saturated rings. The van der Waals surface area contributed by atoms with Gasteiger partial charge in [0.25, 0.3) is 0 Å². The minimum atomic E-state index is -3.08. The van der Waals surface area contributed by atoms with Crippen LogP contribution in [0.3, 0.4) is 0 Å². The van der Waals surface area contributed by atoms with Crippen LogP contribution >= 0.6 is 0 Å². The van der Waals surface area contributed by atoms with Crippen molar-refractivity contribution in [1.29, 1.82) is 0 Å². The summed E-state index contributed by atoms with van der Waals surface area (Å²) in [6, 6.07) is 7.81. The summed E-state index contributed by atoms with van der Waals surface area (Å²) < 4.78 is 23.0. The minimum absolute atomic E-state index is 0.0521. The lowest BCUT2D eigenvalue weighted by Gasteiger charge is -2.25. The third-order valence-corrected chi connectivity index (χ3v) is 5.07. The maximum Gasteiger partial charge on any atom is 0.154 e. The van der Waals surface area contributed by atoms with Crippen LogP contribution in [0.15, 0.2) is 24.3 Å². The van der Waals surface area contributed by atoms with Crippen molar-refractivity contribution in [1.82, 2.24) is 4.90 Å². The fourth-order valence-electron chi connectivity index (χ4n) is 2.45. The molecule has 1 aliphatic rings. The molecule has 2 rings (SSSR count). The van der Waals surface area contributed by atoms with Crippen molar-refractivity contribution in [3.8, 4) is 0 Å². The third kappa shape index (κ3) is 3.10. The van der Waals surface area contributed by atoms with Crippen molar-refractivity contribution < 1.29 is 13.5 Å². The first kappa shape index (κ1) is 13.5. The second kappa shape index (κ2) is 4.99. The average molecular weight is 269 g/mol. The summed E-state index contributed by atoms with van der Waals surface area (Å²) in [7, 11) is -1.22. The first-order valence-corrected chi connectivity index (χ1v) is 7.84. The molecule has 1 aromatic carbocycles. The molecule has 4 nitrogen and oxygen atoms in total. The number of sulfone groups is 1. The molecule has 0 aromatic heterocycles. The van der Waals surface area contributed by atoms with Crippen LogP contribution in [0.1, 0.15) is 11.1 Å². The van der Waals surface area contributed by atoms with Gasteiger partial charge in [0, 0.05) is 6.54 Å². The van der Waals surface area contributed by atoms with E-state index in [1.54, 1.807) is 0 Å². The second-order valence-electron chi connectivity index (χ2n) is 5.12. The number of hydrogen-bond acceptors (Lipinski definition) is 4. The van der Waals surface area contributed by atoms with Crippen LogP contribution in [-0.2, 0) is 16.4 Å². The lowest BCUT2D eigenvalue weighted by molar-refractivity contribution is 0.0958. The van der Waals surface area contributed by atoms with Crippen molar-refractivity contribution in [2.24, 2.45) is 0 Å².